The first kappa shape index (κ1) is 20.5. The molecule has 1 aromatic carbocycles. The van der Waals surface area contributed by atoms with Crippen molar-refractivity contribution >= 4 is 33.2 Å². The molecule has 1 aromatic rings. The number of fused-ring (bicyclic) bond motifs is 1. The van der Waals surface area contributed by atoms with Gasteiger partial charge in [-0.25, -0.2) is 8.42 Å². The summed E-state index contributed by atoms with van der Waals surface area (Å²) in [7, 11) is -1.34. The Hall–Kier alpha value is -1.25. The Bertz CT molecular complexity index is 776. The zero-order valence-electron chi connectivity index (χ0n) is 15.9. The Kier molecular flexibility index (Phi) is 6.70. The van der Waals surface area contributed by atoms with Gasteiger partial charge in [-0.2, -0.15) is 0 Å². The molecule has 0 saturated heterocycles. The number of carbonyl (C=O) groups excluding carboxylic acids is 1. The molecule has 0 aromatic heterocycles. The smallest absolute Gasteiger partial charge is 0.222 e. The lowest BCUT2D eigenvalue weighted by atomic mass is 9.98. The van der Waals surface area contributed by atoms with Crippen LogP contribution in [0.5, 0.6) is 0 Å². The van der Waals surface area contributed by atoms with Crippen LogP contribution < -0.4 is 10.2 Å². The van der Waals surface area contributed by atoms with Crippen molar-refractivity contribution in [2.24, 2.45) is 0 Å². The fraction of sp³-hybridized carbons (Fsp3) is 0.632. The number of thioether (sulfide) groups is 1. The SMILES string of the molecule is CN1c2ccc(S(C)(=O)=O)cc2SC1NC(=O)CCCOC1CCCCC1. The van der Waals surface area contributed by atoms with Crippen molar-refractivity contribution in [1.29, 1.82) is 0 Å². The van der Waals surface area contributed by atoms with Gasteiger partial charge in [-0.3, -0.25) is 4.79 Å². The summed E-state index contributed by atoms with van der Waals surface area (Å²) in [5.74, 6) is -0.0114. The van der Waals surface area contributed by atoms with Crippen molar-refractivity contribution in [1.82, 2.24) is 5.32 Å². The normalized spacial score (nSPS) is 20.5. The monoisotopic (exact) mass is 412 g/mol. The maximum absolute atomic E-state index is 12.3. The molecule has 2 aliphatic rings. The standard InChI is InChI=1S/C19H28N2O4S2/c1-21-16-11-10-15(27(2,23)24)13-17(16)26-19(21)20-18(22)9-6-12-25-14-7-4-3-5-8-14/h10-11,13-14,19H,3-9,12H2,1-2H3,(H,20,22). The number of amides is 1. The predicted molar refractivity (Wildman–Crippen MR) is 108 cm³/mol. The van der Waals surface area contributed by atoms with Crippen LogP contribution in [0.25, 0.3) is 0 Å². The summed E-state index contributed by atoms with van der Waals surface area (Å²) in [6, 6.07) is 5.08. The molecule has 1 unspecified atom stereocenters. The van der Waals surface area contributed by atoms with Crippen LogP contribution in [0.4, 0.5) is 5.69 Å². The predicted octanol–water partition coefficient (Wildman–Crippen LogP) is 3.16. The van der Waals surface area contributed by atoms with Gasteiger partial charge in [-0.15, -0.1) is 0 Å². The lowest BCUT2D eigenvalue weighted by Gasteiger charge is -2.23. The van der Waals surface area contributed by atoms with E-state index < -0.39 is 9.84 Å². The summed E-state index contributed by atoms with van der Waals surface area (Å²) < 4.78 is 29.3. The van der Waals surface area contributed by atoms with E-state index in [0.717, 1.165) is 23.4 Å². The van der Waals surface area contributed by atoms with Crippen molar-refractivity contribution in [3.05, 3.63) is 18.2 Å². The quantitative estimate of drug-likeness (QED) is 0.694. The fourth-order valence-electron chi connectivity index (χ4n) is 3.49. The second-order valence-electron chi connectivity index (χ2n) is 7.28. The van der Waals surface area contributed by atoms with Gasteiger partial charge in [0.25, 0.3) is 0 Å². The first-order valence-electron chi connectivity index (χ1n) is 9.49. The number of benzene rings is 1. The van der Waals surface area contributed by atoms with E-state index in [1.807, 2.05) is 11.9 Å². The van der Waals surface area contributed by atoms with Gasteiger partial charge in [-0.05, 0) is 37.5 Å². The average Bonchev–Trinajstić information content (AvgIpc) is 2.94. The van der Waals surface area contributed by atoms with E-state index >= 15 is 0 Å². The van der Waals surface area contributed by atoms with E-state index in [2.05, 4.69) is 5.32 Å². The molecule has 6 nitrogen and oxygen atoms in total. The van der Waals surface area contributed by atoms with Crippen molar-refractivity contribution in [2.45, 2.75) is 66.3 Å². The maximum Gasteiger partial charge on any atom is 0.222 e. The lowest BCUT2D eigenvalue weighted by molar-refractivity contribution is -0.121. The number of anilines is 1. The van der Waals surface area contributed by atoms with Gasteiger partial charge in [0, 0.05) is 31.2 Å². The second-order valence-corrected chi connectivity index (χ2v) is 10.4. The van der Waals surface area contributed by atoms with Crippen LogP contribution in [0.1, 0.15) is 44.9 Å². The number of ether oxygens (including phenoxy) is 1. The minimum absolute atomic E-state index is 0.0114. The molecule has 27 heavy (non-hydrogen) atoms. The highest BCUT2D eigenvalue weighted by Gasteiger charge is 2.29. The largest absolute Gasteiger partial charge is 0.378 e. The van der Waals surface area contributed by atoms with Crippen molar-refractivity contribution in [3.63, 3.8) is 0 Å². The molecule has 0 radical (unpaired) electrons. The molecule has 1 aliphatic carbocycles. The summed E-state index contributed by atoms with van der Waals surface area (Å²) in [6.07, 6.45) is 8.81. The molecule has 1 atom stereocenters. The van der Waals surface area contributed by atoms with Crippen molar-refractivity contribution in [3.8, 4) is 0 Å². The van der Waals surface area contributed by atoms with E-state index in [9.17, 15) is 13.2 Å². The Morgan fingerprint density at radius 2 is 2.04 bits per heavy atom. The number of carbonyl (C=O) groups is 1. The molecule has 0 bridgehead atoms. The van der Waals surface area contributed by atoms with Crippen LogP contribution in [-0.2, 0) is 19.4 Å². The second kappa shape index (κ2) is 8.84. The number of sulfone groups is 1. The zero-order chi connectivity index (χ0) is 19.4. The highest BCUT2D eigenvalue weighted by atomic mass is 32.2. The van der Waals surface area contributed by atoms with Gasteiger partial charge in [0.15, 0.2) is 15.3 Å². The number of hydrogen-bond acceptors (Lipinski definition) is 6. The van der Waals surface area contributed by atoms with Gasteiger partial charge in [0.2, 0.25) is 5.91 Å². The Morgan fingerprint density at radius 1 is 1.30 bits per heavy atom. The molecule has 1 fully saturated rings. The van der Waals surface area contributed by atoms with Crippen LogP contribution in [-0.4, -0.2) is 45.8 Å². The number of hydrogen-bond donors (Lipinski definition) is 1. The third kappa shape index (κ3) is 5.39. The third-order valence-corrected chi connectivity index (χ3v) is 7.42. The third-order valence-electron chi connectivity index (χ3n) is 5.07. The molecular formula is C19H28N2O4S2. The van der Waals surface area contributed by atoms with E-state index in [1.165, 1.54) is 37.3 Å². The Labute approximate surface area is 165 Å². The topological polar surface area (TPSA) is 75.7 Å². The minimum atomic E-state index is -3.24. The van der Waals surface area contributed by atoms with Gasteiger partial charge < -0.3 is 15.0 Å². The summed E-state index contributed by atoms with van der Waals surface area (Å²) in [5.41, 5.74) is 0.708. The van der Waals surface area contributed by atoms with Gasteiger partial charge in [0.1, 0.15) is 0 Å². The zero-order valence-corrected chi connectivity index (χ0v) is 17.6. The molecule has 1 N–H and O–H groups in total. The average molecular weight is 413 g/mol. The molecule has 1 aliphatic heterocycles. The van der Waals surface area contributed by atoms with Crippen molar-refractivity contribution in [2.75, 3.05) is 24.8 Å². The first-order valence-corrected chi connectivity index (χ1v) is 12.3. The summed E-state index contributed by atoms with van der Waals surface area (Å²) in [5, 5.41) is 3.02. The van der Waals surface area contributed by atoms with Crippen LogP contribution in [0.15, 0.2) is 28.0 Å². The van der Waals surface area contributed by atoms with E-state index in [1.54, 1.807) is 18.2 Å². The van der Waals surface area contributed by atoms with Gasteiger partial charge in [-0.1, -0.05) is 31.0 Å². The highest BCUT2D eigenvalue weighted by Crippen LogP contribution is 2.42. The van der Waals surface area contributed by atoms with E-state index in [0.29, 0.717) is 30.4 Å². The van der Waals surface area contributed by atoms with Crippen LogP contribution in [0, 0.1) is 0 Å². The number of rotatable bonds is 7. The summed E-state index contributed by atoms with van der Waals surface area (Å²) >= 11 is 1.46. The molecule has 0 spiro atoms. The molecule has 1 heterocycles. The first-order chi connectivity index (χ1) is 12.8. The molecule has 8 heteroatoms. The van der Waals surface area contributed by atoms with E-state index in [4.69, 9.17) is 4.74 Å². The molecule has 3 rings (SSSR count). The molecular weight excluding hydrogens is 384 g/mol. The van der Waals surface area contributed by atoms with Gasteiger partial charge in [0.05, 0.1) is 16.7 Å². The Morgan fingerprint density at radius 3 is 2.74 bits per heavy atom. The molecule has 1 amide bonds. The maximum atomic E-state index is 12.3. The fourth-order valence-corrected chi connectivity index (χ4v) is 5.44. The molecule has 1 saturated carbocycles. The Balaban J connectivity index is 1.45. The highest BCUT2D eigenvalue weighted by molar-refractivity contribution is 8.00. The number of nitrogens with one attached hydrogen (secondary N) is 1. The van der Waals surface area contributed by atoms with Crippen LogP contribution in [0.3, 0.4) is 0 Å². The van der Waals surface area contributed by atoms with Crippen LogP contribution >= 0.6 is 11.8 Å². The van der Waals surface area contributed by atoms with Crippen LogP contribution in [0.2, 0.25) is 0 Å². The summed E-state index contributed by atoms with van der Waals surface area (Å²) in [4.78, 5) is 15.4. The minimum Gasteiger partial charge on any atom is -0.378 e. The van der Waals surface area contributed by atoms with E-state index in [-0.39, 0.29) is 11.4 Å². The van der Waals surface area contributed by atoms with Gasteiger partial charge >= 0.3 is 0 Å². The summed E-state index contributed by atoms with van der Waals surface area (Å²) in [6.45, 7) is 0.629. The molecule has 150 valence electrons. The lowest BCUT2D eigenvalue weighted by Crippen LogP contribution is -2.41. The number of nitrogens with zero attached hydrogens (tertiary/aromatic N) is 1. The van der Waals surface area contributed by atoms with Crippen molar-refractivity contribution < 1.29 is 17.9 Å².